The number of para-hydroxylation sites is 2. The molecule has 1 atom stereocenters. The van der Waals surface area contributed by atoms with E-state index >= 15 is 0 Å². The molecule has 1 unspecified atom stereocenters. The van der Waals surface area contributed by atoms with Crippen molar-refractivity contribution in [2.45, 2.75) is 38.1 Å². The number of aromatic amines is 1. The number of aromatic nitrogens is 5. The highest BCUT2D eigenvalue weighted by Gasteiger charge is 2.42. The summed E-state index contributed by atoms with van der Waals surface area (Å²) in [6, 6.07) is 24.8. The maximum Gasteiger partial charge on any atom is 0.257 e. The average molecular weight is 663 g/mol. The van der Waals surface area contributed by atoms with Crippen molar-refractivity contribution in [2.24, 2.45) is 0 Å². The topological polar surface area (TPSA) is 105 Å². The van der Waals surface area contributed by atoms with Crippen molar-refractivity contribution in [3.63, 3.8) is 0 Å². The van der Waals surface area contributed by atoms with Gasteiger partial charge in [-0.2, -0.15) is 15.4 Å². The van der Waals surface area contributed by atoms with Crippen molar-refractivity contribution in [1.29, 1.82) is 0 Å². The van der Waals surface area contributed by atoms with Gasteiger partial charge in [-0.15, -0.1) is 0 Å². The van der Waals surface area contributed by atoms with Crippen molar-refractivity contribution in [3.05, 3.63) is 90.1 Å². The lowest BCUT2D eigenvalue weighted by atomic mass is 9.76. The zero-order valence-corrected chi connectivity index (χ0v) is 28.6. The van der Waals surface area contributed by atoms with E-state index in [0.717, 1.165) is 81.1 Å². The van der Waals surface area contributed by atoms with Crippen LogP contribution in [-0.4, -0.2) is 107 Å². The number of amides is 1. The van der Waals surface area contributed by atoms with Crippen LogP contribution >= 0.6 is 0 Å². The summed E-state index contributed by atoms with van der Waals surface area (Å²) < 4.78 is 13.7. The fourth-order valence-corrected chi connectivity index (χ4v) is 7.56. The Kier molecular flexibility index (Phi) is 9.90. The molecule has 0 radical (unpaired) electrons. The first-order chi connectivity index (χ1) is 24.1. The molecule has 5 aromatic rings. The highest BCUT2D eigenvalue weighted by molar-refractivity contribution is 5.98. The number of carbonyl (C=O) groups is 1. The second-order valence-corrected chi connectivity index (χ2v) is 13.1. The maximum absolute atomic E-state index is 14.1. The summed E-state index contributed by atoms with van der Waals surface area (Å²) in [5.74, 6) is 1.59. The summed E-state index contributed by atoms with van der Waals surface area (Å²) >= 11 is 0. The summed E-state index contributed by atoms with van der Waals surface area (Å²) in [5.41, 5.74) is 5.42. The first-order valence-corrected chi connectivity index (χ1v) is 17.5. The average Bonchev–Trinajstić information content (AvgIpc) is 3.88. The summed E-state index contributed by atoms with van der Waals surface area (Å²) in [6.07, 6.45) is 4.62. The van der Waals surface area contributed by atoms with E-state index in [1.54, 1.807) is 13.3 Å². The summed E-state index contributed by atoms with van der Waals surface area (Å²) in [6.45, 7) is 10.4. The number of benzene rings is 3. The fourth-order valence-electron chi connectivity index (χ4n) is 7.56. The predicted octanol–water partition coefficient (Wildman–Crippen LogP) is 5.25. The van der Waals surface area contributed by atoms with E-state index in [1.807, 2.05) is 30.0 Å². The minimum absolute atomic E-state index is 0.0161. The number of rotatable bonds is 12. The molecule has 49 heavy (non-hydrogen) atoms. The molecule has 2 aliphatic heterocycles. The zero-order valence-electron chi connectivity index (χ0n) is 28.6. The molecule has 3 aromatic carbocycles. The highest BCUT2D eigenvalue weighted by atomic mass is 16.5. The van der Waals surface area contributed by atoms with Crippen molar-refractivity contribution in [3.8, 4) is 17.0 Å². The Morgan fingerprint density at radius 2 is 1.82 bits per heavy atom. The van der Waals surface area contributed by atoms with Crippen molar-refractivity contribution in [1.82, 2.24) is 34.8 Å². The predicted molar refractivity (Wildman–Crippen MR) is 191 cm³/mol. The van der Waals surface area contributed by atoms with Gasteiger partial charge in [0.2, 0.25) is 5.95 Å². The van der Waals surface area contributed by atoms with Gasteiger partial charge in [0.1, 0.15) is 11.4 Å². The lowest BCUT2D eigenvalue weighted by molar-refractivity contribution is 0.0777. The molecule has 11 nitrogen and oxygen atoms in total. The van der Waals surface area contributed by atoms with E-state index in [2.05, 4.69) is 84.4 Å². The van der Waals surface area contributed by atoms with Gasteiger partial charge in [-0.1, -0.05) is 42.5 Å². The number of methoxy groups -OCH3 is 1. The van der Waals surface area contributed by atoms with E-state index < -0.39 is 0 Å². The Morgan fingerprint density at radius 1 is 0.959 bits per heavy atom. The van der Waals surface area contributed by atoms with E-state index in [4.69, 9.17) is 14.5 Å². The molecule has 0 saturated carbocycles. The first kappa shape index (κ1) is 32.8. The van der Waals surface area contributed by atoms with Crippen LogP contribution in [0.4, 0.5) is 5.95 Å². The lowest BCUT2D eigenvalue weighted by Gasteiger charge is -2.33. The molecule has 256 valence electrons. The van der Waals surface area contributed by atoms with Gasteiger partial charge in [-0.05, 0) is 75.2 Å². The molecule has 0 spiro atoms. The van der Waals surface area contributed by atoms with Crippen molar-refractivity contribution >= 4 is 22.9 Å². The van der Waals surface area contributed by atoms with Crippen LogP contribution in [-0.2, 0) is 16.7 Å². The third kappa shape index (κ3) is 6.91. The number of carbonyl (C=O) groups excluding carboxylic acids is 1. The van der Waals surface area contributed by atoms with Gasteiger partial charge in [0.05, 0.1) is 36.5 Å². The number of imidazole rings is 1. The smallest absolute Gasteiger partial charge is 0.257 e. The molecule has 0 bridgehead atoms. The quantitative estimate of drug-likeness (QED) is 0.181. The SMILES string of the molecule is CCOCCn1c(N2CCCN(CCC3(c4ccccc4)CCN(C(=O)c4cc(-c5cn[nH]n5)ccc4OC)C3)CC2)nc2ccccc21. The summed E-state index contributed by atoms with van der Waals surface area (Å²) in [5, 5.41) is 10.8. The number of nitrogens with zero attached hydrogens (tertiary/aromatic N) is 7. The molecule has 2 saturated heterocycles. The number of nitrogens with one attached hydrogen (secondary N) is 1. The van der Waals surface area contributed by atoms with E-state index in [0.29, 0.717) is 43.3 Å². The van der Waals surface area contributed by atoms with Crippen LogP contribution in [0.3, 0.4) is 0 Å². The second kappa shape index (κ2) is 14.8. The van der Waals surface area contributed by atoms with E-state index in [1.165, 1.54) is 5.56 Å². The molecule has 11 heteroatoms. The Labute approximate surface area is 287 Å². The summed E-state index contributed by atoms with van der Waals surface area (Å²) in [7, 11) is 1.61. The largest absolute Gasteiger partial charge is 0.496 e. The Hall–Kier alpha value is -4.74. The molecule has 1 amide bonds. The van der Waals surface area contributed by atoms with Crippen LogP contribution in [0.25, 0.3) is 22.3 Å². The highest BCUT2D eigenvalue weighted by Crippen LogP contribution is 2.39. The fraction of sp³-hybridized carbons (Fsp3) is 0.421. The monoisotopic (exact) mass is 662 g/mol. The molecule has 0 aliphatic carbocycles. The standard InChI is InChI=1S/C38H46N8O3/c1-3-49-25-24-46-34-13-8-7-12-32(34)40-37(46)44-19-9-18-43(22-23-44)20-16-38(30-10-5-4-6-11-30)17-21-45(28-38)36(47)31-26-29(14-15-35(31)48-2)33-27-39-42-41-33/h4-8,10-15,26-27H,3,9,16-25,28H2,1-2H3,(H,39,41,42). The number of hydrogen-bond acceptors (Lipinski definition) is 8. The molecular formula is C38H46N8O3. The third-order valence-electron chi connectivity index (χ3n) is 10.2. The van der Waals surface area contributed by atoms with Gasteiger partial charge in [-0.25, -0.2) is 4.98 Å². The molecule has 2 aliphatic rings. The van der Waals surface area contributed by atoms with Crippen LogP contribution in [0.5, 0.6) is 5.75 Å². The Bertz CT molecular complexity index is 1840. The zero-order chi connectivity index (χ0) is 33.6. The molecule has 1 N–H and O–H groups in total. The van der Waals surface area contributed by atoms with Gasteiger partial charge in [0.15, 0.2) is 0 Å². The van der Waals surface area contributed by atoms with Gasteiger partial charge in [-0.3, -0.25) is 4.79 Å². The van der Waals surface area contributed by atoms with Crippen LogP contribution in [0.1, 0.15) is 42.1 Å². The molecule has 4 heterocycles. The number of ether oxygens (including phenoxy) is 2. The van der Waals surface area contributed by atoms with Crippen LogP contribution in [0.15, 0.2) is 79.0 Å². The lowest BCUT2D eigenvalue weighted by Crippen LogP contribution is -2.39. The summed E-state index contributed by atoms with van der Waals surface area (Å²) in [4.78, 5) is 26.3. The van der Waals surface area contributed by atoms with Crippen LogP contribution < -0.4 is 9.64 Å². The first-order valence-electron chi connectivity index (χ1n) is 17.5. The number of anilines is 1. The van der Waals surface area contributed by atoms with Crippen LogP contribution in [0, 0.1) is 0 Å². The molecular weight excluding hydrogens is 616 g/mol. The maximum atomic E-state index is 14.1. The minimum atomic E-state index is -0.132. The number of likely N-dealkylation sites (tertiary alicyclic amines) is 1. The number of H-pyrrole nitrogens is 1. The Morgan fingerprint density at radius 3 is 2.63 bits per heavy atom. The molecule has 2 fully saturated rings. The van der Waals surface area contributed by atoms with Gasteiger partial charge in [0.25, 0.3) is 5.91 Å². The third-order valence-corrected chi connectivity index (χ3v) is 10.2. The van der Waals surface area contributed by atoms with Crippen molar-refractivity contribution in [2.75, 3.05) is 71.0 Å². The van der Waals surface area contributed by atoms with E-state index in [-0.39, 0.29) is 11.3 Å². The van der Waals surface area contributed by atoms with Gasteiger partial charge < -0.3 is 28.7 Å². The second-order valence-electron chi connectivity index (χ2n) is 13.1. The van der Waals surface area contributed by atoms with Gasteiger partial charge >= 0.3 is 0 Å². The molecule has 2 aromatic heterocycles. The van der Waals surface area contributed by atoms with E-state index in [9.17, 15) is 4.79 Å². The van der Waals surface area contributed by atoms with Gasteiger partial charge in [0, 0.05) is 56.9 Å². The normalized spacial score (nSPS) is 18.7. The van der Waals surface area contributed by atoms with Crippen LogP contribution in [0.2, 0.25) is 0 Å². The molecule has 7 rings (SSSR count). The van der Waals surface area contributed by atoms with Crippen molar-refractivity contribution < 1.29 is 14.3 Å². The Balaban J connectivity index is 1.06. The number of fused-ring (bicyclic) bond motifs is 1. The minimum Gasteiger partial charge on any atom is -0.496 e. The number of hydrogen-bond donors (Lipinski definition) is 1.